The molecule has 5 heteroatoms. The fourth-order valence-electron chi connectivity index (χ4n) is 1.34. The van der Waals surface area contributed by atoms with Gasteiger partial charge >= 0.3 is 5.97 Å². The Morgan fingerprint density at radius 2 is 2.27 bits per heavy atom. The average Bonchev–Trinajstić information content (AvgIpc) is 2.58. The molecule has 0 spiro atoms. The molecule has 0 radical (unpaired) electrons. The highest BCUT2D eigenvalue weighted by Crippen LogP contribution is 2.29. The molecule has 0 aliphatic heterocycles. The van der Waals surface area contributed by atoms with Crippen LogP contribution in [0.2, 0.25) is 0 Å². The molecule has 1 heterocycles. The van der Waals surface area contributed by atoms with E-state index in [9.17, 15) is 4.79 Å². The maximum Gasteiger partial charge on any atom is 0.337 e. The summed E-state index contributed by atoms with van der Waals surface area (Å²) in [5.74, 6) is -0.330. The minimum absolute atomic E-state index is 0.330. The standard InChI is InChI=1S/C10H8BrNO2S/c1-5-12-9-7(11)3-6(10(13)14-2)4-8(9)15-5/h3-4H,1-2H3. The van der Waals surface area contributed by atoms with Crippen molar-refractivity contribution in [3.8, 4) is 0 Å². The number of halogens is 1. The topological polar surface area (TPSA) is 39.2 Å². The molecule has 15 heavy (non-hydrogen) atoms. The Labute approximate surface area is 99.2 Å². The van der Waals surface area contributed by atoms with Crippen LogP contribution in [0.1, 0.15) is 15.4 Å². The SMILES string of the molecule is COC(=O)c1cc(Br)c2nc(C)sc2c1. The fourth-order valence-corrected chi connectivity index (χ4v) is 2.91. The maximum absolute atomic E-state index is 11.4. The van der Waals surface area contributed by atoms with Crippen LogP contribution in [0.25, 0.3) is 10.2 Å². The first-order valence-corrected chi connectivity index (χ1v) is 5.88. The number of hydrogen-bond donors (Lipinski definition) is 0. The monoisotopic (exact) mass is 285 g/mol. The molecule has 3 nitrogen and oxygen atoms in total. The summed E-state index contributed by atoms with van der Waals surface area (Å²) >= 11 is 4.95. The van der Waals surface area contributed by atoms with Gasteiger partial charge in [-0.3, -0.25) is 0 Å². The Bertz CT molecular complexity index is 535. The first kappa shape index (κ1) is 10.6. The molecule has 0 bridgehead atoms. The average molecular weight is 286 g/mol. The molecule has 2 rings (SSSR count). The molecule has 0 aliphatic carbocycles. The summed E-state index contributed by atoms with van der Waals surface area (Å²) in [7, 11) is 1.37. The molecule has 0 saturated carbocycles. The number of esters is 1. The molecule has 0 fully saturated rings. The van der Waals surface area contributed by atoms with Crippen molar-refractivity contribution in [3.05, 3.63) is 27.2 Å². The van der Waals surface area contributed by atoms with Gasteiger partial charge in [-0.1, -0.05) is 0 Å². The molecule has 2 aromatic rings. The van der Waals surface area contributed by atoms with Crippen LogP contribution in [0.4, 0.5) is 0 Å². The number of methoxy groups -OCH3 is 1. The third kappa shape index (κ3) is 1.89. The Hall–Kier alpha value is -0.940. The van der Waals surface area contributed by atoms with E-state index in [1.807, 2.05) is 6.92 Å². The smallest absolute Gasteiger partial charge is 0.337 e. The molecule has 0 aliphatic rings. The summed E-state index contributed by atoms with van der Waals surface area (Å²) in [6.45, 7) is 1.94. The summed E-state index contributed by atoms with van der Waals surface area (Å²) in [6.07, 6.45) is 0. The van der Waals surface area contributed by atoms with Crippen LogP contribution in [-0.2, 0) is 4.74 Å². The lowest BCUT2D eigenvalue weighted by atomic mass is 10.2. The minimum Gasteiger partial charge on any atom is -0.465 e. The summed E-state index contributed by atoms with van der Waals surface area (Å²) in [5, 5.41) is 0.979. The molecule has 0 unspecified atom stereocenters. The zero-order chi connectivity index (χ0) is 11.0. The van der Waals surface area contributed by atoms with Crippen molar-refractivity contribution in [2.45, 2.75) is 6.92 Å². The zero-order valence-electron chi connectivity index (χ0n) is 8.20. The molecule has 0 atom stereocenters. The third-order valence-electron chi connectivity index (χ3n) is 1.98. The van der Waals surface area contributed by atoms with E-state index in [0.717, 1.165) is 19.7 Å². The highest BCUT2D eigenvalue weighted by Gasteiger charge is 2.11. The molecule has 0 amide bonds. The molecule has 1 aromatic heterocycles. The number of aryl methyl sites for hydroxylation is 1. The van der Waals surface area contributed by atoms with E-state index in [1.165, 1.54) is 7.11 Å². The summed E-state index contributed by atoms with van der Waals surface area (Å²) in [6, 6.07) is 3.53. The van der Waals surface area contributed by atoms with Gasteiger partial charge in [0.25, 0.3) is 0 Å². The largest absolute Gasteiger partial charge is 0.465 e. The van der Waals surface area contributed by atoms with Crippen LogP contribution < -0.4 is 0 Å². The van der Waals surface area contributed by atoms with Gasteiger partial charge in [-0.25, -0.2) is 9.78 Å². The lowest BCUT2D eigenvalue weighted by molar-refractivity contribution is 0.0601. The first-order chi connectivity index (χ1) is 7.11. The van der Waals surface area contributed by atoms with Gasteiger partial charge in [0, 0.05) is 4.47 Å². The molecular weight excluding hydrogens is 278 g/mol. The van der Waals surface area contributed by atoms with Crippen LogP contribution in [0.5, 0.6) is 0 Å². The van der Waals surface area contributed by atoms with Crippen molar-refractivity contribution in [2.24, 2.45) is 0 Å². The number of ether oxygens (including phenoxy) is 1. The normalized spacial score (nSPS) is 10.6. The molecule has 1 aromatic carbocycles. The number of hydrogen-bond acceptors (Lipinski definition) is 4. The lowest BCUT2D eigenvalue weighted by Gasteiger charge is -2.00. The number of nitrogens with zero attached hydrogens (tertiary/aromatic N) is 1. The number of aromatic nitrogens is 1. The highest BCUT2D eigenvalue weighted by atomic mass is 79.9. The number of carbonyl (C=O) groups excluding carboxylic acids is 1. The highest BCUT2D eigenvalue weighted by molar-refractivity contribution is 9.10. The number of fused-ring (bicyclic) bond motifs is 1. The van der Waals surface area contributed by atoms with Gasteiger partial charge in [-0.2, -0.15) is 0 Å². The summed E-state index contributed by atoms with van der Waals surface area (Å²) in [4.78, 5) is 15.7. The van der Waals surface area contributed by atoms with Gasteiger partial charge in [0.2, 0.25) is 0 Å². The van der Waals surface area contributed by atoms with E-state index in [2.05, 4.69) is 25.7 Å². The van der Waals surface area contributed by atoms with Gasteiger partial charge in [-0.15, -0.1) is 11.3 Å². The Morgan fingerprint density at radius 1 is 1.53 bits per heavy atom. The van der Waals surface area contributed by atoms with Crippen molar-refractivity contribution >= 4 is 43.5 Å². The van der Waals surface area contributed by atoms with Gasteiger partial charge in [0.1, 0.15) is 0 Å². The number of rotatable bonds is 1. The number of benzene rings is 1. The lowest BCUT2D eigenvalue weighted by Crippen LogP contribution is -2.00. The first-order valence-electron chi connectivity index (χ1n) is 4.27. The predicted octanol–water partition coefficient (Wildman–Crippen LogP) is 3.15. The molecule has 0 N–H and O–H groups in total. The van der Waals surface area contributed by atoms with E-state index in [4.69, 9.17) is 0 Å². The molecule has 0 saturated heterocycles. The van der Waals surface area contributed by atoms with E-state index >= 15 is 0 Å². The molecular formula is C10H8BrNO2S. The second-order valence-corrected chi connectivity index (χ2v) is 5.12. The Kier molecular flexibility index (Phi) is 2.75. The third-order valence-corrected chi connectivity index (χ3v) is 3.50. The Balaban J connectivity index is 2.66. The summed E-state index contributed by atoms with van der Waals surface area (Å²) in [5.41, 5.74) is 1.44. The van der Waals surface area contributed by atoms with Crippen molar-refractivity contribution in [2.75, 3.05) is 7.11 Å². The fraction of sp³-hybridized carbons (Fsp3) is 0.200. The van der Waals surface area contributed by atoms with E-state index < -0.39 is 0 Å². The second-order valence-electron chi connectivity index (χ2n) is 3.03. The van der Waals surface area contributed by atoms with Crippen LogP contribution >= 0.6 is 27.3 Å². The minimum atomic E-state index is -0.330. The van der Waals surface area contributed by atoms with Crippen molar-refractivity contribution in [1.29, 1.82) is 0 Å². The second kappa shape index (κ2) is 3.90. The quantitative estimate of drug-likeness (QED) is 0.756. The van der Waals surface area contributed by atoms with Crippen LogP contribution in [0.15, 0.2) is 16.6 Å². The molecule has 78 valence electrons. The van der Waals surface area contributed by atoms with E-state index in [-0.39, 0.29) is 5.97 Å². The summed E-state index contributed by atoms with van der Waals surface area (Å²) < 4.78 is 6.48. The van der Waals surface area contributed by atoms with Crippen LogP contribution in [-0.4, -0.2) is 18.1 Å². The van der Waals surface area contributed by atoms with Gasteiger partial charge in [0.15, 0.2) is 0 Å². The number of carbonyl (C=O) groups is 1. The van der Waals surface area contributed by atoms with Gasteiger partial charge in [0.05, 0.1) is 27.9 Å². The van der Waals surface area contributed by atoms with Crippen molar-refractivity contribution in [1.82, 2.24) is 4.98 Å². The predicted molar refractivity (Wildman–Crippen MR) is 63.4 cm³/mol. The Morgan fingerprint density at radius 3 is 2.93 bits per heavy atom. The van der Waals surface area contributed by atoms with E-state index in [0.29, 0.717) is 5.56 Å². The number of thiazole rings is 1. The van der Waals surface area contributed by atoms with Crippen LogP contribution in [0.3, 0.4) is 0 Å². The maximum atomic E-state index is 11.4. The van der Waals surface area contributed by atoms with Gasteiger partial charge in [-0.05, 0) is 35.0 Å². The van der Waals surface area contributed by atoms with Crippen molar-refractivity contribution < 1.29 is 9.53 Å². The van der Waals surface area contributed by atoms with Crippen molar-refractivity contribution in [3.63, 3.8) is 0 Å². The zero-order valence-corrected chi connectivity index (χ0v) is 10.6. The van der Waals surface area contributed by atoms with Crippen LogP contribution in [0, 0.1) is 6.92 Å². The van der Waals surface area contributed by atoms with Gasteiger partial charge < -0.3 is 4.74 Å². The van der Waals surface area contributed by atoms with E-state index in [1.54, 1.807) is 23.5 Å².